The Kier molecular flexibility index (Phi) is 6.57. The van der Waals surface area contributed by atoms with Gasteiger partial charge in [-0.1, -0.05) is 12.1 Å². The van der Waals surface area contributed by atoms with Gasteiger partial charge in [0, 0.05) is 30.2 Å². The first-order valence-electron chi connectivity index (χ1n) is 12.0. The van der Waals surface area contributed by atoms with Crippen LogP contribution in [0.4, 0.5) is 23.1 Å². The Balaban J connectivity index is 1.51. The molecule has 0 spiro atoms. The van der Waals surface area contributed by atoms with Crippen molar-refractivity contribution in [2.75, 3.05) is 42.8 Å². The van der Waals surface area contributed by atoms with Gasteiger partial charge >= 0.3 is 5.97 Å². The predicted octanol–water partition coefficient (Wildman–Crippen LogP) is 4.13. The molecule has 0 bridgehead atoms. The number of nitrogens with two attached hydrogens (primary N) is 1. The van der Waals surface area contributed by atoms with Crippen LogP contribution < -0.4 is 20.7 Å². The Bertz CT molecular complexity index is 1380. The standard InChI is InChI=1S/C26H29N7O3/c1-3-36-26(34)16-10-12-33(13-11-16)17-8-9-18-20(14-17)28-25(19-6-4-5-7-21(19)35-2)30-24(18)29-23-15-22(27)31-32-23/h4-9,14-16H,3,10-13H2,1-2H3,(H4,27,28,29,30,31,32). The number of nitrogens with one attached hydrogen (secondary N) is 2. The Hall–Kier alpha value is -4.34. The highest BCUT2D eigenvalue weighted by Gasteiger charge is 2.26. The van der Waals surface area contributed by atoms with Gasteiger partial charge in [0.25, 0.3) is 0 Å². The molecule has 36 heavy (non-hydrogen) atoms. The molecule has 2 aromatic carbocycles. The summed E-state index contributed by atoms with van der Waals surface area (Å²) < 4.78 is 10.8. The number of H-pyrrole nitrogens is 1. The smallest absolute Gasteiger partial charge is 0.309 e. The number of nitrogen functional groups attached to an aromatic ring is 1. The summed E-state index contributed by atoms with van der Waals surface area (Å²) in [6.45, 7) is 3.81. The summed E-state index contributed by atoms with van der Waals surface area (Å²) in [5.74, 6) is 2.70. The second-order valence-corrected chi connectivity index (χ2v) is 8.64. The Labute approximate surface area is 208 Å². The number of para-hydroxylation sites is 1. The molecule has 10 nitrogen and oxygen atoms in total. The number of carbonyl (C=O) groups excluding carboxylic acids is 1. The average Bonchev–Trinajstić information content (AvgIpc) is 3.32. The maximum atomic E-state index is 12.1. The van der Waals surface area contributed by atoms with Crippen LogP contribution in [0.3, 0.4) is 0 Å². The van der Waals surface area contributed by atoms with Crippen molar-refractivity contribution in [3.8, 4) is 17.1 Å². The monoisotopic (exact) mass is 487 g/mol. The van der Waals surface area contributed by atoms with Crippen molar-refractivity contribution in [2.45, 2.75) is 19.8 Å². The van der Waals surface area contributed by atoms with Crippen molar-refractivity contribution < 1.29 is 14.3 Å². The zero-order chi connectivity index (χ0) is 25.1. The van der Waals surface area contributed by atoms with Crippen LogP contribution in [0, 0.1) is 5.92 Å². The molecule has 1 fully saturated rings. The van der Waals surface area contributed by atoms with E-state index in [1.807, 2.05) is 37.3 Å². The van der Waals surface area contributed by atoms with Crippen LogP contribution in [0.25, 0.3) is 22.3 Å². The quantitative estimate of drug-likeness (QED) is 0.329. The molecule has 4 N–H and O–H groups in total. The maximum absolute atomic E-state index is 12.1. The number of aromatic nitrogens is 4. The maximum Gasteiger partial charge on any atom is 0.309 e. The van der Waals surface area contributed by atoms with Crippen LogP contribution in [0.2, 0.25) is 0 Å². The van der Waals surface area contributed by atoms with Gasteiger partial charge in [0.2, 0.25) is 0 Å². The number of rotatable bonds is 7. The highest BCUT2D eigenvalue weighted by atomic mass is 16.5. The van der Waals surface area contributed by atoms with Crippen molar-refractivity contribution in [1.82, 2.24) is 20.2 Å². The number of methoxy groups -OCH3 is 1. The fourth-order valence-electron chi connectivity index (χ4n) is 4.52. The fourth-order valence-corrected chi connectivity index (χ4v) is 4.52. The Morgan fingerprint density at radius 2 is 1.97 bits per heavy atom. The topological polar surface area (TPSA) is 131 Å². The summed E-state index contributed by atoms with van der Waals surface area (Å²) in [7, 11) is 1.63. The first-order chi connectivity index (χ1) is 17.6. The zero-order valence-electron chi connectivity index (χ0n) is 20.3. The van der Waals surface area contributed by atoms with E-state index in [1.54, 1.807) is 13.2 Å². The lowest BCUT2D eigenvalue weighted by molar-refractivity contribution is -0.148. The normalized spacial score (nSPS) is 14.1. The van der Waals surface area contributed by atoms with E-state index in [2.05, 4.69) is 32.5 Å². The van der Waals surface area contributed by atoms with Crippen LogP contribution in [0.5, 0.6) is 5.75 Å². The SMILES string of the molecule is CCOC(=O)C1CCN(c2ccc3c(Nc4cc(N)[nH]n4)nc(-c4ccccc4OC)nc3c2)CC1. The molecule has 4 aromatic rings. The highest BCUT2D eigenvalue weighted by Crippen LogP contribution is 2.34. The van der Waals surface area contributed by atoms with Gasteiger partial charge in [0.15, 0.2) is 11.6 Å². The van der Waals surface area contributed by atoms with Gasteiger partial charge < -0.3 is 25.4 Å². The van der Waals surface area contributed by atoms with Gasteiger partial charge in [0.1, 0.15) is 17.4 Å². The van der Waals surface area contributed by atoms with Crippen molar-refractivity contribution >= 4 is 40.0 Å². The number of fused-ring (bicyclic) bond motifs is 1. The van der Waals surface area contributed by atoms with Gasteiger partial charge in [-0.15, -0.1) is 0 Å². The molecule has 3 heterocycles. The Morgan fingerprint density at radius 3 is 2.69 bits per heavy atom. The van der Waals surface area contributed by atoms with Crippen LogP contribution in [0.1, 0.15) is 19.8 Å². The highest BCUT2D eigenvalue weighted by molar-refractivity contribution is 5.94. The molecule has 1 aliphatic rings. The molecule has 0 aliphatic carbocycles. The van der Waals surface area contributed by atoms with Gasteiger partial charge in [-0.05, 0) is 50.1 Å². The van der Waals surface area contributed by atoms with E-state index in [0.29, 0.717) is 35.6 Å². The van der Waals surface area contributed by atoms with E-state index in [-0.39, 0.29) is 11.9 Å². The summed E-state index contributed by atoms with van der Waals surface area (Å²) in [5, 5.41) is 11.0. The molecule has 2 aromatic heterocycles. The van der Waals surface area contributed by atoms with Crippen molar-refractivity contribution in [1.29, 1.82) is 0 Å². The number of carbonyl (C=O) groups is 1. The molecule has 5 rings (SSSR count). The van der Waals surface area contributed by atoms with Gasteiger partial charge in [-0.25, -0.2) is 9.97 Å². The third-order valence-electron chi connectivity index (χ3n) is 6.35. The first kappa shape index (κ1) is 23.4. The number of hydrogen-bond donors (Lipinski definition) is 3. The lowest BCUT2D eigenvalue weighted by Gasteiger charge is -2.32. The minimum Gasteiger partial charge on any atom is -0.496 e. The minimum absolute atomic E-state index is 0.0433. The van der Waals surface area contributed by atoms with E-state index in [9.17, 15) is 4.79 Å². The molecular weight excluding hydrogens is 458 g/mol. The van der Waals surface area contributed by atoms with Crippen molar-refractivity contribution in [2.24, 2.45) is 5.92 Å². The van der Waals surface area contributed by atoms with Crippen LogP contribution in [0.15, 0.2) is 48.5 Å². The number of ether oxygens (including phenoxy) is 2. The van der Waals surface area contributed by atoms with Crippen LogP contribution >= 0.6 is 0 Å². The third-order valence-corrected chi connectivity index (χ3v) is 6.35. The summed E-state index contributed by atoms with van der Waals surface area (Å²) in [4.78, 5) is 24.1. The molecular formula is C26H29N7O3. The number of benzene rings is 2. The number of anilines is 4. The third kappa shape index (κ3) is 4.74. The number of nitrogens with zero attached hydrogens (tertiary/aromatic N) is 4. The summed E-state index contributed by atoms with van der Waals surface area (Å²) in [5.41, 5.74) is 8.42. The molecule has 10 heteroatoms. The molecule has 0 radical (unpaired) electrons. The number of aromatic amines is 1. The number of esters is 1. The van der Waals surface area contributed by atoms with Gasteiger partial charge in [-0.2, -0.15) is 5.10 Å². The zero-order valence-corrected chi connectivity index (χ0v) is 20.3. The predicted molar refractivity (Wildman–Crippen MR) is 139 cm³/mol. The van der Waals surface area contributed by atoms with Crippen molar-refractivity contribution in [3.05, 3.63) is 48.5 Å². The molecule has 0 atom stereocenters. The summed E-state index contributed by atoms with van der Waals surface area (Å²) in [6, 6.07) is 15.5. The lowest BCUT2D eigenvalue weighted by atomic mass is 9.96. The number of hydrogen-bond acceptors (Lipinski definition) is 9. The second-order valence-electron chi connectivity index (χ2n) is 8.64. The fraction of sp³-hybridized carbons (Fsp3) is 0.308. The lowest BCUT2D eigenvalue weighted by Crippen LogP contribution is -2.36. The molecule has 0 saturated carbocycles. The van der Waals surface area contributed by atoms with E-state index in [1.165, 1.54) is 0 Å². The van der Waals surface area contributed by atoms with Gasteiger partial charge in [-0.3, -0.25) is 9.89 Å². The Morgan fingerprint density at radius 1 is 1.17 bits per heavy atom. The molecule has 1 saturated heterocycles. The molecule has 186 valence electrons. The molecule has 1 aliphatic heterocycles. The minimum atomic E-state index is -0.0976. The molecule has 0 amide bonds. The van der Waals surface area contributed by atoms with E-state index in [4.69, 9.17) is 25.2 Å². The summed E-state index contributed by atoms with van der Waals surface area (Å²) in [6.07, 6.45) is 1.53. The van der Waals surface area contributed by atoms with Crippen LogP contribution in [-0.4, -0.2) is 52.9 Å². The summed E-state index contributed by atoms with van der Waals surface area (Å²) >= 11 is 0. The van der Waals surface area contributed by atoms with E-state index in [0.717, 1.165) is 48.1 Å². The first-order valence-corrected chi connectivity index (χ1v) is 12.0. The van der Waals surface area contributed by atoms with E-state index >= 15 is 0 Å². The number of piperidine rings is 1. The van der Waals surface area contributed by atoms with Gasteiger partial charge in [0.05, 0.1) is 30.7 Å². The van der Waals surface area contributed by atoms with Crippen molar-refractivity contribution in [3.63, 3.8) is 0 Å². The van der Waals surface area contributed by atoms with Crippen LogP contribution in [-0.2, 0) is 9.53 Å². The van der Waals surface area contributed by atoms with E-state index < -0.39 is 0 Å². The average molecular weight is 488 g/mol. The molecule has 0 unspecified atom stereocenters. The largest absolute Gasteiger partial charge is 0.496 e. The second kappa shape index (κ2) is 10.1.